The van der Waals surface area contributed by atoms with Crippen LogP contribution < -0.4 is 20.9 Å². The van der Waals surface area contributed by atoms with E-state index in [2.05, 4.69) is 11.9 Å². The van der Waals surface area contributed by atoms with E-state index in [1.54, 1.807) is 14.2 Å². The third-order valence-corrected chi connectivity index (χ3v) is 5.36. The molecule has 148 valence electrons. The highest BCUT2D eigenvalue weighted by molar-refractivity contribution is 5.79. The van der Waals surface area contributed by atoms with Gasteiger partial charge >= 0.3 is 5.69 Å². The summed E-state index contributed by atoms with van der Waals surface area (Å²) in [6, 6.07) is 7.73. The van der Waals surface area contributed by atoms with Crippen LogP contribution in [-0.2, 0) is 20.1 Å². The van der Waals surface area contributed by atoms with E-state index in [0.717, 1.165) is 30.7 Å². The number of imidazole rings is 1. The molecule has 4 rings (SSSR count). The Bertz CT molecular complexity index is 1140. The number of fused-ring (bicyclic) bond motifs is 3. The highest BCUT2D eigenvalue weighted by Gasteiger charge is 2.29. The fraction of sp³-hybridized carbons (Fsp3) is 0.450. The van der Waals surface area contributed by atoms with Gasteiger partial charge in [0.15, 0.2) is 11.2 Å². The van der Waals surface area contributed by atoms with Gasteiger partial charge in [0, 0.05) is 26.7 Å². The largest absolute Gasteiger partial charge is 0.495 e. The molecule has 0 saturated heterocycles. The van der Waals surface area contributed by atoms with Crippen molar-refractivity contribution in [2.75, 3.05) is 18.6 Å². The van der Waals surface area contributed by atoms with E-state index in [0.29, 0.717) is 36.7 Å². The smallest absolute Gasteiger partial charge is 0.332 e. The van der Waals surface area contributed by atoms with Gasteiger partial charge in [-0.25, -0.2) is 4.79 Å². The van der Waals surface area contributed by atoms with Crippen molar-refractivity contribution < 1.29 is 4.74 Å². The van der Waals surface area contributed by atoms with Crippen molar-refractivity contribution in [2.45, 2.75) is 39.3 Å². The van der Waals surface area contributed by atoms with Crippen molar-refractivity contribution >= 4 is 22.8 Å². The lowest BCUT2D eigenvalue weighted by molar-refractivity contribution is 0.415. The molecule has 0 amide bonds. The second-order valence-corrected chi connectivity index (χ2v) is 7.06. The van der Waals surface area contributed by atoms with Crippen molar-refractivity contribution in [2.24, 2.45) is 7.05 Å². The van der Waals surface area contributed by atoms with Crippen LogP contribution in [0.4, 0.5) is 11.6 Å². The van der Waals surface area contributed by atoms with Crippen LogP contribution in [0, 0.1) is 0 Å². The highest BCUT2D eigenvalue weighted by Crippen LogP contribution is 2.36. The van der Waals surface area contributed by atoms with E-state index in [-0.39, 0.29) is 11.2 Å². The fourth-order valence-corrected chi connectivity index (χ4v) is 3.88. The first-order valence-electron chi connectivity index (χ1n) is 9.69. The summed E-state index contributed by atoms with van der Waals surface area (Å²) in [5.41, 5.74) is 1.25. The third-order valence-electron chi connectivity index (χ3n) is 5.36. The zero-order valence-electron chi connectivity index (χ0n) is 16.5. The minimum atomic E-state index is -0.311. The molecule has 3 heterocycles. The average molecular weight is 383 g/mol. The Hall–Kier alpha value is -3.03. The minimum Gasteiger partial charge on any atom is -0.495 e. The van der Waals surface area contributed by atoms with Crippen LogP contribution in [0.2, 0.25) is 0 Å². The minimum absolute atomic E-state index is 0.255. The number of anilines is 2. The lowest BCUT2D eigenvalue weighted by atomic mass is 10.2. The molecule has 1 aliphatic rings. The number of para-hydroxylation sites is 2. The molecule has 1 aromatic carbocycles. The Morgan fingerprint density at radius 2 is 1.93 bits per heavy atom. The topological polar surface area (TPSA) is 74.3 Å². The second-order valence-electron chi connectivity index (χ2n) is 7.06. The molecule has 0 fully saturated rings. The molecule has 28 heavy (non-hydrogen) atoms. The van der Waals surface area contributed by atoms with E-state index in [1.165, 1.54) is 9.13 Å². The number of nitrogens with zero attached hydrogens (tertiary/aromatic N) is 5. The van der Waals surface area contributed by atoms with Crippen molar-refractivity contribution in [1.82, 2.24) is 18.7 Å². The molecule has 0 saturated carbocycles. The van der Waals surface area contributed by atoms with E-state index in [1.807, 2.05) is 33.7 Å². The number of hydrogen-bond acceptors (Lipinski definition) is 5. The van der Waals surface area contributed by atoms with Gasteiger partial charge in [-0.15, -0.1) is 0 Å². The maximum absolute atomic E-state index is 13.1. The monoisotopic (exact) mass is 383 g/mol. The summed E-state index contributed by atoms with van der Waals surface area (Å²) in [7, 11) is 3.31. The van der Waals surface area contributed by atoms with Crippen molar-refractivity contribution in [1.29, 1.82) is 0 Å². The standard InChI is InChI=1S/C20H25N5O3/c1-4-5-8-11-25-18(26)16-17(22(2)20(25)27)21-19-23(12-13-24(16)19)14-9-6-7-10-15(14)28-3/h6-7,9-10H,4-5,8,11-13H2,1-3H3. The number of methoxy groups -OCH3 is 1. The number of unbranched alkanes of at least 4 members (excludes halogenated alkanes) is 2. The van der Waals surface area contributed by atoms with E-state index in [9.17, 15) is 9.59 Å². The van der Waals surface area contributed by atoms with Crippen LogP contribution in [0.5, 0.6) is 5.75 Å². The number of hydrogen-bond donors (Lipinski definition) is 0. The quantitative estimate of drug-likeness (QED) is 0.611. The molecule has 3 aromatic rings. The van der Waals surface area contributed by atoms with Gasteiger partial charge in [-0.3, -0.25) is 13.9 Å². The Morgan fingerprint density at radius 1 is 1.14 bits per heavy atom. The first-order valence-corrected chi connectivity index (χ1v) is 9.69. The summed E-state index contributed by atoms with van der Waals surface area (Å²) in [5, 5.41) is 0. The summed E-state index contributed by atoms with van der Waals surface area (Å²) < 4.78 is 10.2. The normalized spacial score (nSPS) is 13.3. The number of benzene rings is 1. The van der Waals surface area contributed by atoms with Crippen LogP contribution in [0.15, 0.2) is 33.9 Å². The fourth-order valence-electron chi connectivity index (χ4n) is 3.88. The predicted octanol–water partition coefficient (Wildman–Crippen LogP) is 2.25. The van der Waals surface area contributed by atoms with Crippen LogP contribution in [0.3, 0.4) is 0 Å². The molecule has 1 aliphatic heterocycles. The molecule has 0 N–H and O–H groups in total. The summed E-state index contributed by atoms with van der Waals surface area (Å²) in [6.07, 6.45) is 2.83. The van der Waals surface area contributed by atoms with Gasteiger partial charge in [0.2, 0.25) is 5.95 Å². The number of ether oxygens (including phenoxy) is 1. The Labute approximate surface area is 162 Å². The summed E-state index contributed by atoms with van der Waals surface area (Å²) >= 11 is 0. The highest BCUT2D eigenvalue weighted by atomic mass is 16.5. The zero-order chi connectivity index (χ0) is 19.8. The van der Waals surface area contributed by atoms with Gasteiger partial charge in [-0.05, 0) is 18.6 Å². The predicted molar refractivity (Wildman–Crippen MR) is 109 cm³/mol. The maximum atomic E-state index is 13.1. The molecule has 0 aliphatic carbocycles. The summed E-state index contributed by atoms with van der Waals surface area (Å²) in [4.78, 5) is 32.5. The summed E-state index contributed by atoms with van der Waals surface area (Å²) in [5.74, 6) is 1.41. The van der Waals surface area contributed by atoms with Crippen LogP contribution in [-0.4, -0.2) is 32.3 Å². The SMILES string of the molecule is CCCCCn1c(=O)c2c(nc3n2CCN3c2ccccc2OC)n(C)c1=O. The summed E-state index contributed by atoms with van der Waals surface area (Å²) in [6.45, 7) is 3.86. The zero-order valence-corrected chi connectivity index (χ0v) is 16.5. The van der Waals surface area contributed by atoms with E-state index in [4.69, 9.17) is 4.74 Å². The molecule has 0 spiro atoms. The molecule has 0 bridgehead atoms. The Balaban J connectivity index is 1.88. The average Bonchev–Trinajstić information content (AvgIpc) is 3.28. The molecule has 0 atom stereocenters. The molecule has 0 unspecified atom stereocenters. The van der Waals surface area contributed by atoms with Gasteiger partial charge in [0.25, 0.3) is 5.56 Å². The first-order chi connectivity index (χ1) is 13.6. The van der Waals surface area contributed by atoms with Gasteiger partial charge in [-0.1, -0.05) is 31.9 Å². The van der Waals surface area contributed by atoms with Gasteiger partial charge in [0.05, 0.1) is 12.8 Å². The number of aryl methyl sites for hydroxylation is 1. The third kappa shape index (κ3) is 2.71. The molecule has 0 radical (unpaired) electrons. The Kier molecular flexibility index (Phi) is 4.70. The Morgan fingerprint density at radius 3 is 2.68 bits per heavy atom. The van der Waals surface area contributed by atoms with Gasteiger partial charge in [-0.2, -0.15) is 4.98 Å². The molecular weight excluding hydrogens is 358 g/mol. The molecular formula is C20H25N5O3. The second kappa shape index (κ2) is 7.18. The lowest BCUT2D eigenvalue weighted by Gasteiger charge is -2.18. The molecule has 8 nitrogen and oxygen atoms in total. The first kappa shape index (κ1) is 18.3. The number of aromatic nitrogens is 4. The van der Waals surface area contributed by atoms with Gasteiger partial charge in [0.1, 0.15) is 5.75 Å². The maximum Gasteiger partial charge on any atom is 0.332 e. The lowest BCUT2D eigenvalue weighted by Crippen LogP contribution is -2.39. The van der Waals surface area contributed by atoms with Crippen molar-refractivity contribution in [3.05, 3.63) is 45.1 Å². The van der Waals surface area contributed by atoms with E-state index >= 15 is 0 Å². The van der Waals surface area contributed by atoms with Crippen molar-refractivity contribution in [3.63, 3.8) is 0 Å². The molecule has 8 heteroatoms. The van der Waals surface area contributed by atoms with Crippen LogP contribution in [0.25, 0.3) is 11.2 Å². The van der Waals surface area contributed by atoms with Crippen LogP contribution in [0.1, 0.15) is 26.2 Å². The number of rotatable bonds is 6. The van der Waals surface area contributed by atoms with Gasteiger partial charge < -0.3 is 14.2 Å². The van der Waals surface area contributed by atoms with Crippen molar-refractivity contribution in [3.8, 4) is 5.75 Å². The van der Waals surface area contributed by atoms with Crippen LogP contribution >= 0.6 is 0 Å². The van der Waals surface area contributed by atoms with E-state index < -0.39 is 0 Å². The molecule has 2 aromatic heterocycles.